The fourth-order valence-corrected chi connectivity index (χ4v) is 3.93. The third-order valence-corrected chi connectivity index (χ3v) is 5.35. The van der Waals surface area contributed by atoms with Crippen LogP contribution >= 0.6 is 11.3 Å². The molecule has 6 heteroatoms. The summed E-state index contributed by atoms with van der Waals surface area (Å²) in [5.74, 6) is -1.13. The van der Waals surface area contributed by atoms with Gasteiger partial charge in [0.25, 0.3) is 5.91 Å². The first-order chi connectivity index (χ1) is 10.5. The van der Waals surface area contributed by atoms with Crippen LogP contribution in [-0.4, -0.2) is 17.4 Å². The lowest BCUT2D eigenvalue weighted by Gasteiger charge is -2.34. The van der Waals surface area contributed by atoms with Gasteiger partial charge in [0.2, 0.25) is 5.91 Å². The van der Waals surface area contributed by atoms with E-state index in [9.17, 15) is 14.0 Å². The predicted octanol–water partition coefficient (Wildman–Crippen LogP) is 2.96. The van der Waals surface area contributed by atoms with E-state index in [1.165, 1.54) is 23.5 Å². The van der Waals surface area contributed by atoms with Crippen molar-refractivity contribution in [3.8, 4) is 0 Å². The number of rotatable bonds is 3. The molecule has 1 aliphatic rings. The molecular weight excluding hydrogens is 303 g/mol. The molecule has 1 heterocycles. The summed E-state index contributed by atoms with van der Waals surface area (Å²) in [7, 11) is 0. The number of carbonyl (C=O) groups excluding carboxylic acids is 2. The van der Waals surface area contributed by atoms with Gasteiger partial charge in [-0.3, -0.25) is 9.59 Å². The number of hydrogen-bond donors (Lipinski definition) is 2. The molecule has 2 aromatic rings. The number of thiophene rings is 1. The fourth-order valence-electron chi connectivity index (χ4n) is 2.99. The Morgan fingerprint density at radius 1 is 1.18 bits per heavy atom. The summed E-state index contributed by atoms with van der Waals surface area (Å²) in [5.41, 5.74) is 4.58. The third kappa shape index (κ3) is 2.70. The van der Waals surface area contributed by atoms with Gasteiger partial charge >= 0.3 is 0 Å². The minimum absolute atomic E-state index is 0.317. The van der Waals surface area contributed by atoms with Gasteiger partial charge in [0, 0.05) is 4.70 Å². The van der Waals surface area contributed by atoms with E-state index in [0.717, 1.165) is 24.0 Å². The summed E-state index contributed by atoms with van der Waals surface area (Å²) in [6.07, 6.45) is 3.95. The first-order valence-corrected chi connectivity index (χ1v) is 8.13. The summed E-state index contributed by atoms with van der Waals surface area (Å²) < 4.78 is 14.1. The summed E-state index contributed by atoms with van der Waals surface area (Å²) in [4.78, 5) is 24.8. The largest absolute Gasteiger partial charge is 0.368 e. The average Bonchev–Trinajstić information content (AvgIpc) is 2.91. The Morgan fingerprint density at radius 3 is 2.59 bits per heavy atom. The van der Waals surface area contributed by atoms with Crippen LogP contribution in [0.5, 0.6) is 0 Å². The second-order valence-corrected chi connectivity index (χ2v) is 6.84. The van der Waals surface area contributed by atoms with Crippen LogP contribution in [-0.2, 0) is 4.79 Å². The Kier molecular flexibility index (Phi) is 3.87. The van der Waals surface area contributed by atoms with Crippen molar-refractivity contribution in [1.82, 2.24) is 5.32 Å². The molecule has 0 atom stereocenters. The summed E-state index contributed by atoms with van der Waals surface area (Å²) in [5, 5.41) is 3.51. The van der Waals surface area contributed by atoms with E-state index in [2.05, 4.69) is 5.32 Å². The molecule has 1 aromatic carbocycles. The minimum Gasteiger partial charge on any atom is -0.368 e. The maximum atomic E-state index is 13.2. The van der Waals surface area contributed by atoms with Crippen LogP contribution in [0.2, 0.25) is 0 Å². The van der Waals surface area contributed by atoms with Crippen LogP contribution in [0, 0.1) is 5.82 Å². The molecular formula is C16H17FN2O2S. The predicted molar refractivity (Wildman–Crippen MR) is 84.3 cm³/mol. The van der Waals surface area contributed by atoms with E-state index in [1.807, 2.05) is 0 Å². The number of fused-ring (bicyclic) bond motifs is 1. The Morgan fingerprint density at radius 2 is 1.91 bits per heavy atom. The van der Waals surface area contributed by atoms with Gasteiger partial charge in [-0.25, -0.2) is 4.39 Å². The Labute approximate surface area is 131 Å². The number of hydrogen-bond acceptors (Lipinski definition) is 3. The zero-order valence-corrected chi connectivity index (χ0v) is 12.8. The van der Waals surface area contributed by atoms with Crippen molar-refractivity contribution >= 4 is 33.2 Å². The first-order valence-electron chi connectivity index (χ1n) is 7.32. The molecule has 2 amide bonds. The number of benzene rings is 1. The lowest BCUT2D eigenvalue weighted by atomic mass is 9.81. The van der Waals surface area contributed by atoms with Crippen molar-refractivity contribution < 1.29 is 14.0 Å². The van der Waals surface area contributed by atoms with Crippen LogP contribution in [0.4, 0.5) is 4.39 Å². The summed E-state index contributed by atoms with van der Waals surface area (Å²) in [6.45, 7) is 0. The lowest BCUT2D eigenvalue weighted by molar-refractivity contribution is -0.125. The zero-order chi connectivity index (χ0) is 15.7. The van der Waals surface area contributed by atoms with Crippen LogP contribution in [0.25, 0.3) is 10.1 Å². The number of primary amides is 1. The number of halogens is 1. The second kappa shape index (κ2) is 5.68. The SMILES string of the molecule is NC(=O)C1(NC(=O)c2cc3cc(F)ccc3s2)CCCCC1. The van der Waals surface area contributed by atoms with Crippen LogP contribution in [0.15, 0.2) is 24.3 Å². The van der Waals surface area contributed by atoms with Crippen LogP contribution in [0.3, 0.4) is 0 Å². The quantitative estimate of drug-likeness (QED) is 0.912. The summed E-state index contributed by atoms with van der Waals surface area (Å²) >= 11 is 1.28. The molecule has 22 heavy (non-hydrogen) atoms. The molecule has 1 aliphatic carbocycles. The molecule has 3 N–H and O–H groups in total. The van der Waals surface area contributed by atoms with Gasteiger partial charge in [-0.1, -0.05) is 19.3 Å². The van der Waals surface area contributed by atoms with Crippen molar-refractivity contribution in [2.75, 3.05) is 0 Å². The fraction of sp³-hybridized carbons (Fsp3) is 0.375. The van der Waals surface area contributed by atoms with Crippen LogP contribution in [0.1, 0.15) is 41.8 Å². The molecule has 116 valence electrons. The van der Waals surface area contributed by atoms with Gasteiger partial charge in [-0.2, -0.15) is 0 Å². The molecule has 0 unspecified atom stereocenters. The normalized spacial score (nSPS) is 17.3. The Hall–Kier alpha value is -1.95. The molecule has 0 spiro atoms. The highest BCUT2D eigenvalue weighted by Gasteiger charge is 2.39. The van der Waals surface area contributed by atoms with E-state index >= 15 is 0 Å². The number of nitrogens with one attached hydrogen (secondary N) is 1. The van der Waals surface area contributed by atoms with Gasteiger partial charge in [0.05, 0.1) is 4.88 Å². The Bertz CT molecular complexity index is 735. The van der Waals surface area contributed by atoms with Crippen molar-refractivity contribution in [2.45, 2.75) is 37.6 Å². The maximum Gasteiger partial charge on any atom is 0.262 e. The zero-order valence-electron chi connectivity index (χ0n) is 12.0. The Balaban J connectivity index is 1.86. The maximum absolute atomic E-state index is 13.2. The van der Waals surface area contributed by atoms with E-state index < -0.39 is 11.4 Å². The van der Waals surface area contributed by atoms with E-state index in [4.69, 9.17) is 5.73 Å². The molecule has 0 saturated heterocycles. The smallest absolute Gasteiger partial charge is 0.262 e. The number of nitrogens with two attached hydrogens (primary N) is 1. The molecule has 0 bridgehead atoms. The molecule has 3 rings (SSSR count). The average molecular weight is 320 g/mol. The van der Waals surface area contributed by atoms with Crippen molar-refractivity contribution in [3.63, 3.8) is 0 Å². The molecule has 0 aliphatic heterocycles. The van der Waals surface area contributed by atoms with Gasteiger partial charge in [0.1, 0.15) is 11.4 Å². The molecule has 1 saturated carbocycles. The first kappa shape index (κ1) is 15.0. The molecule has 1 aromatic heterocycles. The van der Waals surface area contributed by atoms with Gasteiger partial charge in [-0.15, -0.1) is 11.3 Å². The monoisotopic (exact) mass is 320 g/mol. The summed E-state index contributed by atoms with van der Waals surface area (Å²) in [6, 6.07) is 6.06. The van der Waals surface area contributed by atoms with E-state index in [-0.39, 0.29) is 11.7 Å². The van der Waals surface area contributed by atoms with Crippen LogP contribution < -0.4 is 11.1 Å². The highest BCUT2D eigenvalue weighted by atomic mass is 32.1. The topological polar surface area (TPSA) is 72.2 Å². The molecule has 0 radical (unpaired) electrons. The highest BCUT2D eigenvalue weighted by molar-refractivity contribution is 7.20. The van der Waals surface area contributed by atoms with Crippen molar-refractivity contribution in [3.05, 3.63) is 35.0 Å². The van der Waals surface area contributed by atoms with Gasteiger partial charge in [0.15, 0.2) is 0 Å². The van der Waals surface area contributed by atoms with Gasteiger partial charge < -0.3 is 11.1 Å². The number of amides is 2. The van der Waals surface area contributed by atoms with E-state index in [1.54, 1.807) is 12.1 Å². The van der Waals surface area contributed by atoms with Crippen molar-refractivity contribution in [2.24, 2.45) is 5.73 Å². The highest BCUT2D eigenvalue weighted by Crippen LogP contribution is 2.30. The lowest BCUT2D eigenvalue weighted by Crippen LogP contribution is -2.58. The molecule has 4 nitrogen and oxygen atoms in total. The van der Waals surface area contributed by atoms with E-state index in [0.29, 0.717) is 23.1 Å². The second-order valence-electron chi connectivity index (χ2n) is 5.75. The van der Waals surface area contributed by atoms with Gasteiger partial charge in [-0.05, 0) is 42.5 Å². The number of carbonyl (C=O) groups is 2. The molecule has 1 fully saturated rings. The van der Waals surface area contributed by atoms with Crippen molar-refractivity contribution in [1.29, 1.82) is 0 Å². The minimum atomic E-state index is -0.948. The standard InChI is InChI=1S/C16H17FN2O2S/c17-11-4-5-12-10(8-11)9-13(22-12)14(20)19-16(15(18)21)6-2-1-3-7-16/h4-5,8-9H,1-3,6-7H2,(H2,18,21)(H,19,20). The third-order valence-electron chi connectivity index (χ3n) is 4.23.